The monoisotopic (exact) mass is 285 g/mol. The summed E-state index contributed by atoms with van der Waals surface area (Å²) in [5.41, 5.74) is -0.900. The largest absolute Gasteiger partial charge is 0.389 e. The van der Waals surface area contributed by atoms with Crippen LogP contribution in [0, 0.1) is 6.92 Å². The predicted molar refractivity (Wildman–Crippen MR) is 77.2 cm³/mol. The third-order valence-electron chi connectivity index (χ3n) is 2.52. The second-order valence-corrected chi connectivity index (χ2v) is 6.86. The zero-order chi connectivity index (χ0) is 14.6. The molecule has 0 saturated carbocycles. The zero-order valence-electron chi connectivity index (χ0n) is 12.2. The molecular formula is C13H23N3O2S. The molecule has 0 atom stereocenters. The first-order valence-corrected chi connectivity index (χ1v) is 7.19. The van der Waals surface area contributed by atoms with Gasteiger partial charge in [-0.05, 0) is 34.6 Å². The highest BCUT2D eigenvalue weighted by molar-refractivity contribution is 7.11. The molecule has 1 heterocycles. The Morgan fingerprint density at radius 2 is 2.21 bits per heavy atom. The zero-order valence-corrected chi connectivity index (χ0v) is 13.0. The summed E-state index contributed by atoms with van der Waals surface area (Å²) in [4.78, 5) is 18.9. The van der Waals surface area contributed by atoms with Crippen LogP contribution in [-0.2, 0) is 6.54 Å². The smallest absolute Gasteiger partial charge is 0.318 e. The molecule has 0 aliphatic carbocycles. The van der Waals surface area contributed by atoms with E-state index in [2.05, 4.69) is 10.3 Å². The Bertz CT molecular complexity index is 424. The van der Waals surface area contributed by atoms with Gasteiger partial charge in [0.1, 0.15) is 0 Å². The summed E-state index contributed by atoms with van der Waals surface area (Å²) in [6.45, 7) is 9.97. The minimum atomic E-state index is -0.900. The Morgan fingerprint density at radius 3 is 2.63 bits per heavy atom. The normalized spacial score (nSPS) is 11.7. The van der Waals surface area contributed by atoms with Crippen LogP contribution in [0.15, 0.2) is 6.20 Å². The molecule has 0 aromatic carbocycles. The second kappa shape index (κ2) is 6.34. The third kappa shape index (κ3) is 5.57. The number of amides is 2. The number of nitrogens with zero attached hydrogens (tertiary/aromatic N) is 2. The van der Waals surface area contributed by atoms with Gasteiger partial charge in [0.15, 0.2) is 0 Å². The van der Waals surface area contributed by atoms with Gasteiger partial charge in [-0.2, -0.15) is 0 Å². The number of aryl methyl sites for hydroxylation is 1. The lowest BCUT2D eigenvalue weighted by Crippen LogP contribution is -2.49. The minimum absolute atomic E-state index is 0.0367. The summed E-state index contributed by atoms with van der Waals surface area (Å²) < 4.78 is 0. The summed E-state index contributed by atoms with van der Waals surface area (Å²) in [6, 6.07) is -0.127. The number of aromatic nitrogens is 1. The molecule has 1 aromatic heterocycles. The van der Waals surface area contributed by atoms with E-state index in [0.29, 0.717) is 13.1 Å². The van der Waals surface area contributed by atoms with Crippen molar-refractivity contribution in [1.29, 1.82) is 0 Å². The molecular weight excluding hydrogens is 262 g/mol. The highest BCUT2D eigenvalue weighted by Gasteiger charge is 2.24. The van der Waals surface area contributed by atoms with E-state index in [1.807, 2.05) is 20.8 Å². The maximum Gasteiger partial charge on any atom is 0.318 e. The summed E-state index contributed by atoms with van der Waals surface area (Å²) in [6.07, 6.45) is 1.77. The van der Waals surface area contributed by atoms with Crippen LogP contribution in [-0.4, -0.2) is 39.2 Å². The van der Waals surface area contributed by atoms with E-state index in [1.165, 1.54) is 0 Å². The van der Waals surface area contributed by atoms with E-state index >= 15 is 0 Å². The van der Waals surface area contributed by atoms with Crippen LogP contribution in [0.3, 0.4) is 0 Å². The first-order valence-electron chi connectivity index (χ1n) is 6.37. The van der Waals surface area contributed by atoms with Gasteiger partial charge in [-0.3, -0.25) is 0 Å². The maximum absolute atomic E-state index is 12.1. The Balaban J connectivity index is 2.57. The molecule has 5 nitrogen and oxygen atoms in total. The molecule has 108 valence electrons. The number of urea groups is 1. The number of carbonyl (C=O) groups is 1. The fourth-order valence-electron chi connectivity index (χ4n) is 1.66. The highest BCUT2D eigenvalue weighted by atomic mass is 32.1. The van der Waals surface area contributed by atoms with Crippen LogP contribution in [0.4, 0.5) is 4.79 Å². The quantitative estimate of drug-likeness (QED) is 0.871. The van der Waals surface area contributed by atoms with Crippen molar-refractivity contribution in [2.45, 2.75) is 52.8 Å². The Kier molecular flexibility index (Phi) is 5.31. The topological polar surface area (TPSA) is 65.5 Å². The minimum Gasteiger partial charge on any atom is -0.389 e. The van der Waals surface area contributed by atoms with Crippen molar-refractivity contribution in [1.82, 2.24) is 15.2 Å². The number of carbonyl (C=O) groups excluding carboxylic acids is 1. The van der Waals surface area contributed by atoms with E-state index in [9.17, 15) is 9.90 Å². The Morgan fingerprint density at radius 1 is 1.58 bits per heavy atom. The van der Waals surface area contributed by atoms with Crippen molar-refractivity contribution in [3.8, 4) is 0 Å². The molecule has 0 unspecified atom stereocenters. The average Bonchev–Trinajstić information content (AvgIpc) is 2.67. The predicted octanol–water partition coefficient (Wildman–Crippen LogP) is 2.14. The van der Waals surface area contributed by atoms with E-state index < -0.39 is 5.60 Å². The number of aliphatic hydroxyl groups is 1. The number of thiazole rings is 1. The molecule has 0 aliphatic rings. The van der Waals surface area contributed by atoms with Gasteiger partial charge in [0.2, 0.25) is 0 Å². The molecule has 0 fully saturated rings. The Hall–Kier alpha value is -1.14. The molecule has 0 bridgehead atoms. The highest BCUT2D eigenvalue weighted by Crippen LogP contribution is 2.12. The maximum atomic E-state index is 12.1. The van der Waals surface area contributed by atoms with Gasteiger partial charge < -0.3 is 15.3 Å². The van der Waals surface area contributed by atoms with Gasteiger partial charge in [0, 0.05) is 17.1 Å². The van der Waals surface area contributed by atoms with Crippen molar-refractivity contribution >= 4 is 17.4 Å². The van der Waals surface area contributed by atoms with Crippen LogP contribution in [0.5, 0.6) is 0 Å². The molecule has 0 aliphatic heterocycles. The van der Waals surface area contributed by atoms with Crippen molar-refractivity contribution in [3.05, 3.63) is 16.1 Å². The lowest BCUT2D eigenvalue weighted by Gasteiger charge is -2.32. The standard InChI is InChI=1S/C13H23N3O2S/c1-9(2)16(8-13(4,5)18)12(17)15-7-11-6-14-10(3)19-11/h6,9,18H,7-8H2,1-5H3,(H,15,17). The van der Waals surface area contributed by atoms with Gasteiger partial charge in [0.25, 0.3) is 0 Å². The second-order valence-electron chi connectivity index (χ2n) is 5.54. The molecule has 2 N–H and O–H groups in total. The summed E-state index contributed by atoms with van der Waals surface area (Å²) >= 11 is 1.57. The van der Waals surface area contributed by atoms with E-state index in [-0.39, 0.29) is 12.1 Å². The molecule has 2 amide bonds. The lowest BCUT2D eigenvalue weighted by molar-refractivity contribution is 0.0387. The summed E-state index contributed by atoms with van der Waals surface area (Å²) in [5, 5.41) is 13.7. The molecule has 0 spiro atoms. The van der Waals surface area contributed by atoms with Crippen LogP contribution in [0.25, 0.3) is 0 Å². The molecule has 0 saturated heterocycles. The fraction of sp³-hybridized carbons (Fsp3) is 0.692. The molecule has 0 radical (unpaired) electrons. The Labute approximate surface area is 118 Å². The van der Waals surface area contributed by atoms with Crippen LogP contribution in [0.2, 0.25) is 0 Å². The van der Waals surface area contributed by atoms with E-state index in [1.54, 1.807) is 36.3 Å². The summed E-state index contributed by atoms with van der Waals surface area (Å²) in [5.74, 6) is 0. The lowest BCUT2D eigenvalue weighted by atomic mass is 10.1. The van der Waals surface area contributed by atoms with Crippen molar-refractivity contribution in [3.63, 3.8) is 0 Å². The molecule has 1 aromatic rings. The van der Waals surface area contributed by atoms with Gasteiger partial charge in [0.05, 0.1) is 23.7 Å². The number of hydrogen-bond acceptors (Lipinski definition) is 4. The third-order valence-corrected chi connectivity index (χ3v) is 3.44. The van der Waals surface area contributed by atoms with Crippen LogP contribution >= 0.6 is 11.3 Å². The average molecular weight is 285 g/mol. The van der Waals surface area contributed by atoms with Crippen LogP contribution < -0.4 is 5.32 Å². The van der Waals surface area contributed by atoms with Gasteiger partial charge >= 0.3 is 6.03 Å². The number of rotatable bonds is 5. The van der Waals surface area contributed by atoms with Gasteiger partial charge in [-0.1, -0.05) is 0 Å². The first kappa shape index (κ1) is 15.9. The van der Waals surface area contributed by atoms with Crippen molar-refractivity contribution in [2.75, 3.05) is 6.54 Å². The summed E-state index contributed by atoms with van der Waals surface area (Å²) in [7, 11) is 0. The number of nitrogens with one attached hydrogen (secondary N) is 1. The SMILES string of the molecule is Cc1ncc(CNC(=O)N(CC(C)(C)O)C(C)C)s1. The van der Waals surface area contributed by atoms with E-state index in [0.717, 1.165) is 9.88 Å². The first-order chi connectivity index (χ1) is 8.69. The molecule has 6 heteroatoms. The number of hydrogen-bond donors (Lipinski definition) is 2. The van der Waals surface area contributed by atoms with Crippen LogP contribution in [0.1, 0.15) is 37.6 Å². The molecule has 19 heavy (non-hydrogen) atoms. The van der Waals surface area contributed by atoms with E-state index in [4.69, 9.17) is 0 Å². The van der Waals surface area contributed by atoms with Crippen molar-refractivity contribution < 1.29 is 9.90 Å². The molecule has 1 rings (SSSR count). The van der Waals surface area contributed by atoms with Gasteiger partial charge in [-0.15, -0.1) is 11.3 Å². The van der Waals surface area contributed by atoms with Crippen molar-refractivity contribution in [2.24, 2.45) is 0 Å². The fourth-order valence-corrected chi connectivity index (χ4v) is 2.39. The van der Waals surface area contributed by atoms with Gasteiger partial charge in [-0.25, -0.2) is 9.78 Å².